The minimum atomic E-state index is -1.11. The number of halogens is 1. The van der Waals surface area contributed by atoms with Crippen LogP contribution in [0.3, 0.4) is 0 Å². The van der Waals surface area contributed by atoms with E-state index < -0.39 is 5.60 Å². The third kappa shape index (κ3) is 5.34. The van der Waals surface area contributed by atoms with E-state index in [1.54, 1.807) is 21.7 Å². The van der Waals surface area contributed by atoms with Crippen molar-refractivity contribution in [1.29, 1.82) is 0 Å². The second-order valence-corrected chi connectivity index (χ2v) is 11.1. The molecular formula is C29H31ClN6O3. The van der Waals surface area contributed by atoms with Crippen molar-refractivity contribution in [3.63, 3.8) is 0 Å². The van der Waals surface area contributed by atoms with Crippen LogP contribution in [0, 0.1) is 0 Å². The summed E-state index contributed by atoms with van der Waals surface area (Å²) < 4.78 is 3.03. The average Bonchev–Trinajstić information content (AvgIpc) is 3.61. The molecule has 4 heterocycles. The van der Waals surface area contributed by atoms with Crippen LogP contribution in [0.4, 0.5) is 0 Å². The van der Waals surface area contributed by atoms with Crippen LogP contribution < -0.4 is 5.56 Å². The lowest BCUT2D eigenvalue weighted by molar-refractivity contribution is -0.0299. The number of likely N-dealkylation sites (tertiary alicyclic amines) is 2. The largest absolute Gasteiger partial charge is 0.388 e. The average molecular weight is 547 g/mol. The van der Waals surface area contributed by atoms with Gasteiger partial charge in [-0.15, -0.1) is 0 Å². The first-order valence-electron chi connectivity index (χ1n) is 13.4. The molecule has 39 heavy (non-hydrogen) atoms. The van der Waals surface area contributed by atoms with Crippen molar-refractivity contribution in [2.75, 3.05) is 26.2 Å². The summed E-state index contributed by atoms with van der Waals surface area (Å²) in [5.41, 5.74) is 1.65. The van der Waals surface area contributed by atoms with E-state index in [2.05, 4.69) is 21.0 Å². The van der Waals surface area contributed by atoms with Gasteiger partial charge in [0.2, 0.25) is 0 Å². The molecule has 1 amide bonds. The minimum absolute atomic E-state index is 0.0183. The fourth-order valence-corrected chi connectivity index (χ4v) is 5.74. The summed E-state index contributed by atoms with van der Waals surface area (Å²) in [7, 11) is 0. The third-order valence-electron chi connectivity index (χ3n) is 7.85. The van der Waals surface area contributed by atoms with Gasteiger partial charge in [0.15, 0.2) is 5.65 Å². The Morgan fingerprint density at radius 1 is 1.03 bits per heavy atom. The highest BCUT2D eigenvalue weighted by atomic mass is 35.5. The summed E-state index contributed by atoms with van der Waals surface area (Å²) in [5.74, 6) is -0.0183. The lowest BCUT2D eigenvalue weighted by Gasteiger charge is -2.38. The third-order valence-corrected chi connectivity index (χ3v) is 8.10. The molecule has 9 nitrogen and oxygen atoms in total. The summed E-state index contributed by atoms with van der Waals surface area (Å²) in [6.07, 6.45) is 6.18. The molecule has 0 radical (unpaired) electrons. The molecule has 2 aromatic heterocycles. The summed E-state index contributed by atoms with van der Waals surface area (Å²) in [5, 5.41) is 16.7. The molecule has 2 fully saturated rings. The Bertz CT molecular complexity index is 1550. The van der Waals surface area contributed by atoms with E-state index in [4.69, 9.17) is 11.6 Å². The van der Waals surface area contributed by atoms with E-state index in [-0.39, 0.29) is 18.0 Å². The van der Waals surface area contributed by atoms with Crippen molar-refractivity contribution < 1.29 is 9.90 Å². The number of aliphatic hydroxyl groups is 1. The maximum atomic E-state index is 13.2. The number of nitrogens with zero attached hydrogens (tertiary/aromatic N) is 6. The maximum absolute atomic E-state index is 13.2. The van der Waals surface area contributed by atoms with Crippen LogP contribution in [0.1, 0.15) is 41.6 Å². The number of hydrogen-bond donors (Lipinski definition) is 1. The van der Waals surface area contributed by atoms with Crippen molar-refractivity contribution in [3.05, 3.63) is 87.6 Å². The first-order chi connectivity index (χ1) is 18.9. The van der Waals surface area contributed by atoms with Gasteiger partial charge in [-0.2, -0.15) is 5.10 Å². The number of piperidine rings is 1. The first kappa shape index (κ1) is 25.7. The van der Waals surface area contributed by atoms with Crippen LogP contribution in [0.5, 0.6) is 0 Å². The van der Waals surface area contributed by atoms with Crippen molar-refractivity contribution in [1.82, 2.24) is 29.1 Å². The molecule has 2 aliphatic heterocycles. The standard InChI is InChI=1S/C29H31ClN6O3/c30-23-6-8-24(9-7-23)36-26-25(17-32-36)28(38)35(20-31-26)19-29(39)10-14-34(15-11-29)27(37)22-5-3-4-21(16-22)18-33-12-1-2-13-33/h3-9,16-17,20,39H,1-2,10-15,18-19H2. The molecule has 0 bridgehead atoms. The van der Waals surface area contributed by atoms with Gasteiger partial charge in [-0.1, -0.05) is 23.7 Å². The number of benzene rings is 2. The maximum Gasteiger partial charge on any atom is 0.264 e. The summed E-state index contributed by atoms with van der Waals surface area (Å²) >= 11 is 5.99. The van der Waals surface area contributed by atoms with Gasteiger partial charge in [0, 0.05) is 30.2 Å². The first-order valence-corrected chi connectivity index (χ1v) is 13.8. The molecule has 0 saturated carbocycles. The van der Waals surface area contributed by atoms with Crippen LogP contribution in [0.25, 0.3) is 16.7 Å². The Morgan fingerprint density at radius 2 is 1.77 bits per heavy atom. The van der Waals surface area contributed by atoms with E-state index in [1.165, 1.54) is 29.9 Å². The van der Waals surface area contributed by atoms with E-state index in [1.807, 2.05) is 30.3 Å². The van der Waals surface area contributed by atoms with E-state index in [0.717, 1.165) is 30.9 Å². The molecule has 6 rings (SSSR count). The van der Waals surface area contributed by atoms with Crippen LogP contribution in [-0.2, 0) is 13.1 Å². The summed E-state index contributed by atoms with van der Waals surface area (Å²) in [6, 6.07) is 15.0. The zero-order chi connectivity index (χ0) is 27.0. The second-order valence-electron chi connectivity index (χ2n) is 10.6. The molecule has 2 aromatic carbocycles. The van der Waals surface area contributed by atoms with Crippen LogP contribution in [0.15, 0.2) is 65.8 Å². The Morgan fingerprint density at radius 3 is 2.51 bits per heavy atom. The fraction of sp³-hybridized carbons (Fsp3) is 0.379. The molecule has 0 aliphatic carbocycles. The van der Waals surface area contributed by atoms with Gasteiger partial charge in [-0.25, -0.2) is 9.67 Å². The van der Waals surface area contributed by atoms with E-state index in [9.17, 15) is 14.7 Å². The molecule has 2 aliphatic rings. The Balaban J connectivity index is 1.12. The van der Waals surface area contributed by atoms with Crippen LogP contribution in [0.2, 0.25) is 5.02 Å². The zero-order valence-electron chi connectivity index (χ0n) is 21.7. The van der Waals surface area contributed by atoms with Gasteiger partial charge in [-0.05, 0) is 80.7 Å². The highest BCUT2D eigenvalue weighted by Gasteiger charge is 2.35. The quantitative estimate of drug-likeness (QED) is 0.398. The number of amides is 1. The zero-order valence-corrected chi connectivity index (χ0v) is 22.4. The highest BCUT2D eigenvalue weighted by Crippen LogP contribution is 2.26. The molecule has 0 spiro atoms. The van der Waals surface area contributed by atoms with Gasteiger partial charge in [-0.3, -0.25) is 19.1 Å². The monoisotopic (exact) mass is 546 g/mol. The number of carbonyl (C=O) groups is 1. The minimum Gasteiger partial charge on any atom is -0.388 e. The second kappa shape index (κ2) is 10.6. The van der Waals surface area contributed by atoms with E-state index >= 15 is 0 Å². The molecule has 0 atom stereocenters. The number of fused-ring (bicyclic) bond motifs is 1. The number of aromatic nitrogens is 4. The van der Waals surface area contributed by atoms with Gasteiger partial charge in [0.25, 0.3) is 11.5 Å². The highest BCUT2D eigenvalue weighted by molar-refractivity contribution is 6.30. The van der Waals surface area contributed by atoms with Gasteiger partial charge >= 0.3 is 0 Å². The van der Waals surface area contributed by atoms with Crippen molar-refractivity contribution >= 4 is 28.5 Å². The number of hydrogen-bond acceptors (Lipinski definition) is 6. The lowest BCUT2D eigenvalue weighted by Crippen LogP contribution is -2.49. The summed E-state index contributed by atoms with van der Waals surface area (Å²) in [6.45, 7) is 4.04. The molecule has 10 heteroatoms. The van der Waals surface area contributed by atoms with E-state index in [0.29, 0.717) is 47.6 Å². The summed E-state index contributed by atoms with van der Waals surface area (Å²) in [4.78, 5) is 35.2. The molecular weight excluding hydrogens is 516 g/mol. The molecule has 202 valence electrons. The lowest BCUT2D eigenvalue weighted by atomic mass is 9.90. The topological polar surface area (TPSA) is 96.5 Å². The predicted octanol–water partition coefficient (Wildman–Crippen LogP) is 3.50. The molecule has 4 aromatic rings. The van der Waals surface area contributed by atoms with Gasteiger partial charge < -0.3 is 10.0 Å². The molecule has 0 unspecified atom stereocenters. The van der Waals surface area contributed by atoms with Crippen LogP contribution in [-0.4, -0.2) is 71.9 Å². The number of rotatable bonds is 6. The van der Waals surface area contributed by atoms with Crippen molar-refractivity contribution in [2.45, 2.75) is 44.4 Å². The Hall–Kier alpha value is -3.53. The molecule has 2 saturated heterocycles. The smallest absolute Gasteiger partial charge is 0.264 e. The van der Waals surface area contributed by atoms with Crippen molar-refractivity contribution in [2.24, 2.45) is 0 Å². The SMILES string of the molecule is O=C(c1cccc(CN2CCCC2)c1)N1CCC(O)(Cn2cnc3c(cnn3-c3ccc(Cl)cc3)c2=O)CC1. The number of carbonyl (C=O) groups excluding carboxylic acids is 1. The predicted molar refractivity (Wildman–Crippen MR) is 149 cm³/mol. The Kier molecular flexibility index (Phi) is 6.97. The molecule has 1 N–H and O–H groups in total. The van der Waals surface area contributed by atoms with Gasteiger partial charge in [0.05, 0.1) is 24.0 Å². The fourth-order valence-electron chi connectivity index (χ4n) is 5.62. The Labute approximate surface area is 231 Å². The van der Waals surface area contributed by atoms with Crippen LogP contribution >= 0.6 is 11.6 Å². The van der Waals surface area contributed by atoms with Gasteiger partial charge in [0.1, 0.15) is 11.7 Å². The van der Waals surface area contributed by atoms with Crippen molar-refractivity contribution in [3.8, 4) is 5.69 Å². The normalized spacial score (nSPS) is 17.6.